The van der Waals surface area contributed by atoms with Crippen molar-refractivity contribution in [3.8, 4) is 0 Å². The van der Waals surface area contributed by atoms with Crippen LogP contribution in [0.1, 0.15) is 109 Å². The van der Waals surface area contributed by atoms with E-state index in [1.165, 1.54) is 57.8 Å². The van der Waals surface area contributed by atoms with E-state index in [9.17, 15) is 9.59 Å². The van der Waals surface area contributed by atoms with E-state index in [2.05, 4.69) is 6.92 Å². The van der Waals surface area contributed by atoms with Gasteiger partial charge in [0.15, 0.2) is 0 Å². The second-order valence-corrected chi connectivity index (χ2v) is 8.81. The molecule has 0 aromatic carbocycles. The second kappa shape index (κ2) is 15.1. The third-order valence-corrected chi connectivity index (χ3v) is 5.90. The summed E-state index contributed by atoms with van der Waals surface area (Å²) >= 11 is 0. The average Bonchev–Trinajstić information content (AvgIpc) is 3.23. The van der Waals surface area contributed by atoms with Crippen molar-refractivity contribution in [2.24, 2.45) is 5.92 Å². The SMILES string of the molecule is CC1CCCCCCCCCCCC(OC(=O)CCCC(=O)OCc2ccco2)C1. The Balaban J connectivity index is 1.66. The Kier molecular flexibility index (Phi) is 12.3. The van der Waals surface area contributed by atoms with Crippen LogP contribution in [-0.2, 0) is 25.7 Å². The number of hydrogen-bond acceptors (Lipinski definition) is 5. The van der Waals surface area contributed by atoms with Crippen LogP contribution in [-0.4, -0.2) is 18.0 Å². The van der Waals surface area contributed by atoms with Crippen molar-refractivity contribution in [3.63, 3.8) is 0 Å². The van der Waals surface area contributed by atoms with Gasteiger partial charge in [0.25, 0.3) is 0 Å². The van der Waals surface area contributed by atoms with Gasteiger partial charge in [-0.3, -0.25) is 9.59 Å². The third-order valence-electron chi connectivity index (χ3n) is 5.90. The average molecular weight is 421 g/mol. The number of ether oxygens (including phenoxy) is 2. The van der Waals surface area contributed by atoms with Gasteiger partial charge in [-0.15, -0.1) is 0 Å². The molecule has 0 aliphatic heterocycles. The summed E-state index contributed by atoms with van der Waals surface area (Å²) < 4.78 is 16.1. The van der Waals surface area contributed by atoms with Crippen molar-refractivity contribution in [2.45, 2.75) is 116 Å². The Morgan fingerprint density at radius 3 is 2.23 bits per heavy atom. The third kappa shape index (κ3) is 11.4. The van der Waals surface area contributed by atoms with Gasteiger partial charge < -0.3 is 13.9 Å². The van der Waals surface area contributed by atoms with Gasteiger partial charge in [0.1, 0.15) is 18.5 Å². The molecule has 1 aliphatic carbocycles. The molecule has 0 N–H and O–H groups in total. The van der Waals surface area contributed by atoms with Crippen LogP contribution in [0.3, 0.4) is 0 Å². The highest BCUT2D eigenvalue weighted by molar-refractivity contribution is 5.72. The predicted octanol–water partition coefficient (Wildman–Crippen LogP) is 6.74. The molecule has 5 nitrogen and oxygen atoms in total. The minimum Gasteiger partial charge on any atom is -0.466 e. The Hall–Kier alpha value is -1.78. The molecule has 0 radical (unpaired) electrons. The Labute approximate surface area is 181 Å². The van der Waals surface area contributed by atoms with Crippen LogP contribution in [0.2, 0.25) is 0 Å². The minimum absolute atomic E-state index is 0.0151. The smallest absolute Gasteiger partial charge is 0.306 e. The minimum atomic E-state index is -0.314. The highest BCUT2D eigenvalue weighted by Gasteiger charge is 2.18. The molecule has 0 bridgehead atoms. The molecular weight excluding hydrogens is 380 g/mol. The van der Waals surface area contributed by atoms with Crippen molar-refractivity contribution in [2.75, 3.05) is 0 Å². The molecule has 1 aromatic rings. The van der Waals surface area contributed by atoms with E-state index in [0.29, 0.717) is 18.1 Å². The van der Waals surface area contributed by atoms with Gasteiger partial charge in [0.2, 0.25) is 0 Å². The molecule has 5 heteroatoms. The topological polar surface area (TPSA) is 65.7 Å². The number of rotatable bonds is 7. The molecule has 2 unspecified atom stereocenters. The molecule has 1 saturated carbocycles. The molecule has 0 saturated heterocycles. The summed E-state index contributed by atoms with van der Waals surface area (Å²) in [5, 5.41) is 0. The first-order chi connectivity index (χ1) is 14.6. The summed E-state index contributed by atoms with van der Waals surface area (Å²) in [6, 6.07) is 3.52. The lowest BCUT2D eigenvalue weighted by molar-refractivity contribution is -0.151. The monoisotopic (exact) mass is 420 g/mol. The summed E-state index contributed by atoms with van der Waals surface area (Å²) in [7, 11) is 0. The lowest BCUT2D eigenvalue weighted by atomic mass is 9.93. The standard InChI is InChI=1S/C25H40O5/c1-21-13-9-7-5-3-2-4-6-8-10-14-22(19-21)30-25(27)17-11-16-24(26)29-20-23-15-12-18-28-23/h12,15,18,21-22H,2-11,13-14,16-17,19-20H2,1H3. The van der Waals surface area contributed by atoms with E-state index in [0.717, 1.165) is 19.3 Å². The molecular formula is C25H40O5. The molecule has 1 fully saturated rings. The van der Waals surface area contributed by atoms with Crippen LogP contribution < -0.4 is 0 Å². The molecule has 1 heterocycles. The van der Waals surface area contributed by atoms with Gasteiger partial charge in [-0.1, -0.05) is 64.7 Å². The Morgan fingerprint density at radius 1 is 0.933 bits per heavy atom. The fourth-order valence-electron chi connectivity index (χ4n) is 4.13. The normalized spacial score (nSPS) is 22.0. The lowest BCUT2D eigenvalue weighted by Gasteiger charge is -2.22. The largest absolute Gasteiger partial charge is 0.466 e. The number of carbonyl (C=O) groups excluding carboxylic acids is 2. The van der Waals surface area contributed by atoms with Crippen molar-refractivity contribution >= 4 is 11.9 Å². The lowest BCUT2D eigenvalue weighted by Crippen LogP contribution is -2.21. The number of carbonyl (C=O) groups is 2. The molecule has 1 aliphatic rings. The second-order valence-electron chi connectivity index (χ2n) is 8.81. The number of furan rings is 1. The Morgan fingerprint density at radius 2 is 1.57 bits per heavy atom. The van der Waals surface area contributed by atoms with Crippen LogP contribution >= 0.6 is 0 Å². The first-order valence-electron chi connectivity index (χ1n) is 12.0. The van der Waals surface area contributed by atoms with Crippen molar-refractivity contribution in [3.05, 3.63) is 24.2 Å². The summed E-state index contributed by atoms with van der Waals surface area (Å²) in [6.45, 7) is 2.41. The van der Waals surface area contributed by atoms with Gasteiger partial charge in [0.05, 0.1) is 6.26 Å². The summed E-state index contributed by atoms with van der Waals surface area (Å²) in [4.78, 5) is 24.1. The van der Waals surface area contributed by atoms with E-state index >= 15 is 0 Å². The van der Waals surface area contributed by atoms with E-state index in [1.54, 1.807) is 18.4 Å². The fraction of sp³-hybridized carbons (Fsp3) is 0.760. The van der Waals surface area contributed by atoms with Gasteiger partial charge in [-0.2, -0.15) is 0 Å². The number of hydrogen-bond donors (Lipinski definition) is 0. The summed E-state index contributed by atoms with van der Waals surface area (Å²) in [5.41, 5.74) is 0. The predicted molar refractivity (Wildman–Crippen MR) is 117 cm³/mol. The number of esters is 2. The zero-order chi connectivity index (χ0) is 21.4. The summed E-state index contributed by atoms with van der Waals surface area (Å²) in [6.07, 6.45) is 17.3. The van der Waals surface area contributed by atoms with Crippen LogP contribution in [0.15, 0.2) is 22.8 Å². The highest BCUT2D eigenvalue weighted by atomic mass is 16.5. The van der Waals surface area contributed by atoms with Gasteiger partial charge >= 0.3 is 11.9 Å². The summed E-state index contributed by atoms with van der Waals surface area (Å²) in [5.74, 6) is 0.700. The van der Waals surface area contributed by atoms with Crippen molar-refractivity contribution in [1.29, 1.82) is 0 Å². The van der Waals surface area contributed by atoms with E-state index in [4.69, 9.17) is 13.9 Å². The van der Waals surface area contributed by atoms with Crippen molar-refractivity contribution < 1.29 is 23.5 Å². The molecule has 2 rings (SSSR count). The van der Waals surface area contributed by atoms with Crippen molar-refractivity contribution in [1.82, 2.24) is 0 Å². The van der Waals surface area contributed by atoms with E-state index < -0.39 is 0 Å². The zero-order valence-corrected chi connectivity index (χ0v) is 18.7. The van der Waals surface area contributed by atoms with Crippen LogP contribution in [0.4, 0.5) is 0 Å². The van der Waals surface area contributed by atoms with Gasteiger partial charge in [-0.05, 0) is 43.7 Å². The maximum atomic E-state index is 12.3. The molecule has 2 atom stereocenters. The fourth-order valence-corrected chi connectivity index (χ4v) is 4.13. The van der Waals surface area contributed by atoms with Crippen LogP contribution in [0.5, 0.6) is 0 Å². The van der Waals surface area contributed by atoms with Gasteiger partial charge in [-0.25, -0.2) is 0 Å². The van der Waals surface area contributed by atoms with E-state index in [1.807, 2.05) is 0 Å². The maximum absolute atomic E-state index is 12.3. The first-order valence-corrected chi connectivity index (χ1v) is 12.0. The van der Waals surface area contributed by atoms with Crippen LogP contribution in [0, 0.1) is 5.92 Å². The highest BCUT2D eigenvalue weighted by Crippen LogP contribution is 2.23. The zero-order valence-electron chi connectivity index (χ0n) is 18.7. The molecule has 0 spiro atoms. The van der Waals surface area contributed by atoms with Gasteiger partial charge in [0, 0.05) is 12.8 Å². The molecule has 170 valence electrons. The molecule has 30 heavy (non-hydrogen) atoms. The first kappa shape index (κ1) is 24.5. The maximum Gasteiger partial charge on any atom is 0.306 e. The quantitative estimate of drug-likeness (QED) is 0.457. The molecule has 1 aromatic heterocycles. The van der Waals surface area contributed by atoms with Crippen LogP contribution in [0.25, 0.3) is 0 Å². The van der Waals surface area contributed by atoms with E-state index in [-0.39, 0.29) is 37.5 Å². The Bertz CT molecular complexity index is 580. The molecule has 0 amide bonds.